The molecule has 0 saturated carbocycles. The van der Waals surface area contributed by atoms with Gasteiger partial charge in [-0.2, -0.15) is 13.2 Å². The number of phenols is 1. The van der Waals surface area contributed by atoms with E-state index in [1.807, 2.05) is 56.3 Å². The summed E-state index contributed by atoms with van der Waals surface area (Å²) in [5.41, 5.74) is 11.3. The van der Waals surface area contributed by atoms with Gasteiger partial charge < -0.3 is 31.5 Å². The SMILES string of the molecule is Cc1cc(O)cc(C)c1C[C@H](N)C(=O)N[C@H]1Cc2ccccc2CN(CC(=O)Nc2ccccc2)C1=O.O=C(O)C(F)(F)F. The summed E-state index contributed by atoms with van der Waals surface area (Å²) in [6.07, 6.45) is -4.51. The first-order chi connectivity index (χ1) is 20.6. The van der Waals surface area contributed by atoms with E-state index in [2.05, 4.69) is 10.6 Å². The highest BCUT2D eigenvalue weighted by atomic mass is 19.4. The van der Waals surface area contributed by atoms with E-state index in [1.165, 1.54) is 4.90 Å². The minimum atomic E-state index is -5.08. The molecule has 1 aliphatic heterocycles. The number of rotatable bonds is 7. The minimum Gasteiger partial charge on any atom is -0.508 e. The predicted octanol–water partition coefficient (Wildman–Crippen LogP) is 3.22. The van der Waals surface area contributed by atoms with Crippen molar-refractivity contribution in [1.29, 1.82) is 0 Å². The van der Waals surface area contributed by atoms with Gasteiger partial charge in [0.05, 0.1) is 6.04 Å². The fourth-order valence-corrected chi connectivity index (χ4v) is 4.75. The summed E-state index contributed by atoms with van der Waals surface area (Å²) in [7, 11) is 0. The number of aliphatic carboxylic acids is 1. The number of anilines is 1. The van der Waals surface area contributed by atoms with Crippen molar-refractivity contribution in [3.8, 4) is 5.75 Å². The average Bonchev–Trinajstić information content (AvgIpc) is 3.07. The Bertz CT molecular complexity index is 1490. The van der Waals surface area contributed by atoms with Gasteiger partial charge in [0.1, 0.15) is 18.3 Å². The number of para-hydroxylation sites is 1. The summed E-state index contributed by atoms with van der Waals surface area (Å²) in [4.78, 5) is 49.7. The summed E-state index contributed by atoms with van der Waals surface area (Å²) in [5.74, 6) is -3.70. The van der Waals surface area contributed by atoms with E-state index in [1.54, 1.807) is 24.3 Å². The van der Waals surface area contributed by atoms with Crippen LogP contribution in [0.25, 0.3) is 0 Å². The van der Waals surface area contributed by atoms with Crippen LogP contribution in [0.1, 0.15) is 27.8 Å². The molecule has 44 heavy (non-hydrogen) atoms. The van der Waals surface area contributed by atoms with Crippen molar-refractivity contribution in [3.05, 3.63) is 94.5 Å². The maximum atomic E-state index is 13.5. The van der Waals surface area contributed by atoms with Gasteiger partial charge in [-0.05, 0) is 72.4 Å². The number of carboxylic acids is 1. The van der Waals surface area contributed by atoms with Crippen molar-refractivity contribution in [3.63, 3.8) is 0 Å². The van der Waals surface area contributed by atoms with Crippen LogP contribution in [0.5, 0.6) is 5.75 Å². The van der Waals surface area contributed by atoms with E-state index in [0.29, 0.717) is 12.1 Å². The zero-order valence-electron chi connectivity index (χ0n) is 24.0. The maximum Gasteiger partial charge on any atom is 0.490 e. The number of hydrogen-bond donors (Lipinski definition) is 5. The molecule has 1 heterocycles. The Hall–Kier alpha value is -4.91. The van der Waals surface area contributed by atoms with E-state index in [9.17, 15) is 32.7 Å². The van der Waals surface area contributed by atoms with Gasteiger partial charge in [0.2, 0.25) is 17.7 Å². The number of carbonyl (C=O) groups excluding carboxylic acids is 3. The highest BCUT2D eigenvalue weighted by molar-refractivity contribution is 5.96. The van der Waals surface area contributed by atoms with Crippen molar-refractivity contribution in [2.75, 3.05) is 11.9 Å². The van der Waals surface area contributed by atoms with Crippen LogP contribution in [0.4, 0.5) is 18.9 Å². The molecule has 0 radical (unpaired) electrons. The van der Waals surface area contributed by atoms with Crippen LogP contribution in [0.2, 0.25) is 0 Å². The van der Waals surface area contributed by atoms with Crippen LogP contribution in [0.15, 0.2) is 66.7 Å². The van der Waals surface area contributed by atoms with Crippen LogP contribution < -0.4 is 16.4 Å². The van der Waals surface area contributed by atoms with Gasteiger partial charge in [-0.25, -0.2) is 4.79 Å². The van der Waals surface area contributed by atoms with Crippen molar-refractivity contribution < 1.29 is 42.6 Å². The van der Waals surface area contributed by atoms with Crippen molar-refractivity contribution in [2.24, 2.45) is 5.73 Å². The van der Waals surface area contributed by atoms with Gasteiger partial charge in [0, 0.05) is 18.7 Å². The van der Waals surface area contributed by atoms with Gasteiger partial charge in [-0.15, -0.1) is 0 Å². The lowest BCUT2D eigenvalue weighted by molar-refractivity contribution is -0.192. The number of amides is 3. The molecule has 0 spiro atoms. The maximum absolute atomic E-state index is 13.5. The molecule has 13 heteroatoms. The number of carbonyl (C=O) groups is 4. The summed E-state index contributed by atoms with van der Waals surface area (Å²) in [6, 6.07) is 18.2. The molecule has 4 rings (SSSR count). The Labute approximate surface area is 251 Å². The molecule has 3 aromatic carbocycles. The largest absolute Gasteiger partial charge is 0.508 e. The topological polar surface area (TPSA) is 162 Å². The second kappa shape index (κ2) is 14.5. The number of carboxylic acid groups (broad SMARTS) is 1. The van der Waals surface area contributed by atoms with E-state index in [4.69, 9.17) is 15.6 Å². The normalized spacial score (nSPS) is 15.2. The molecule has 0 unspecified atom stereocenters. The standard InChI is InChI=1S/C29H32N4O4.C2HF3O2/c1-18-12-23(34)13-19(2)24(18)15-25(30)28(36)32-26-14-20-8-6-7-9-21(20)16-33(29(26)37)17-27(35)31-22-10-4-3-5-11-22;3-2(4,5)1(6)7/h3-13,25-26,34H,14-17,30H2,1-2H3,(H,31,35)(H,32,36);(H,6,7)/t25-,26-;/m0./s1. The molecular weight excluding hydrogens is 581 g/mol. The first-order valence-corrected chi connectivity index (χ1v) is 13.5. The van der Waals surface area contributed by atoms with Crippen molar-refractivity contribution >= 4 is 29.4 Å². The fourth-order valence-electron chi connectivity index (χ4n) is 4.75. The van der Waals surface area contributed by atoms with Gasteiger partial charge in [0.15, 0.2) is 0 Å². The Morgan fingerprint density at radius 3 is 2.11 bits per heavy atom. The third-order valence-corrected chi connectivity index (χ3v) is 6.91. The first kappa shape index (κ1) is 33.6. The van der Waals surface area contributed by atoms with E-state index in [-0.39, 0.29) is 37.1 Å². The molecule has 234 valence electrons. The summed E-state index contributed by atoms with van der Waals surface area (Å²) < 4.78 is 31.7. The number of fused-ring (bicyclic) bond motifs is 1. The summed E-state index contributed by atoms with van der Waals surface area (Å²) in [6.45, 7) is 3.83. The second-order valence-corrected chi connectivity index (χ2v) is 10.3. The molecule has 10 nitrogen and oxygen atoms in total. The second-order valence-electron chi connectivity index (χ2n) is 10.3. The number of aryl methyl sites for hydroxylation is 2. The predicted molar refractivity (Wildman–Crippen MR) is 156 cm³/mol. The lowest BCUT2D eigenvalue weighted by Gasteiger charge is -2.25. The Morgan fingerprint density at radius 2 is 1.55 bits per heavy atom. The van der Waals surface area contributed by atoms with Crippen LogP contribution >= 0.6 is 0 Å². The molecule has 0 bridgehead atoms. The molecule has 1 aliphatic rings. The monoisotopic (exact) mass is 614 g/mol. The lowest BCUT2D eigenvalue weighted by Crippen LogP contribution is -2.53. The lowest BCUT2D eigenvalue weighted by atomic mass is 9.95. The highest BCUT2D eigenvalue weighted by Gasteiger charge is 2.38. The Balaban J connectivity index is 0.000000676. The number of phenolic OH excluding ortho intramolecular Hbond substituents is 1. The van der Waals surface area contributed by atoms with Crippen LogP contribution in [-0.4, -0.2) is 63.6 Å². The van der Waals surface area contributed by atoms with E-state index < -0.39 is 30.1 Å². The van der Waals surface area contributed by atoms with Crippen LogP contribution in [-0.2, 0) is 38.6 Å². The smallest absolute Gasteiger partial charge is 0.490 e. The average molecular weight is 615 g/mol. The Morgan fingerprint density at radius 1 is 1.00 bits per heavy atom. The van der Waals surface area contributed by atoms with Crippen molar-refractivity contribution in [1.82, 2.24) is 10.2 Å². The third kappa shape index (κ3) is 9.30. The molecular formula is C31H33F3N4O6. The molecule has 0 aliphatic carbocycles. The van der Waals surface area contributed by atoms with Crippen molar-refractivity contribution in [2.45, 2.75) is 51.5 Å². The summed E-state index contributed by atoms with van der Waals surface area (Å²) in [5, 5.41) is 22.6. The quantitative estimate of drug-likeness (QED) is 0.273. The number of nitrogens with two attached hydrogens (primary N) is 1. The first-order valence-electron chi connectivity index (χ1n) is 13.5. The highest BCUT2D eigenvalue weighted by Crippen LogP contribution is 2.23. The number of nitrogens with one attached hydrogen (secondary N) is 2. The molecule has 0 saturated heterocycles. The number of nitrogens with zero attached hydrogens (tertiary/aromatic N) is 1. The minimum absolute atomic E-state index is 0.146. The van der Waals surface area contributed by atoms with Gasteiger partial charge >= 0.3 is 12.1 Å². The van der Waals surface area contributed by atoms with E-state index >= 15 is 0 Å². The molecule has 2 atom stereocenters. The summed E-state index contributed by atoms with van der Waals surface area (Å²) >= 11 is 0. The molecule has 0 aromatic heterocycles. The zero-order chi connectivity index (χ0) is 32.6. The zero-order valence-corrected chi connectivity index (χ0v) is 24.0. The number of alkyl halides is 3. The Kier molecular flexibility index (Phi) is 11.1. The van der Waals surface area contributed by atoms with Crippen LogP contribution in [0, 0.1) is 13.8 Å². The fraction of sp³-hybridized carbons (Fsp3) is 0.290. The molecule has 3 amide bonds. The number of hydrogen-bond acceptors (Lipinski definition) is 6. The number of halogens is 3. The van der Waals surface area contributed by atoms with Crippen LogP contribution in [0.3, 0.4) is 0 Å². The molecule has 6 N–H and O–H groups in total. The number of aromatic hydroxyl groups is 1. The van der Waals surface area contributed by atoms with E-state index in [0.717, 1.165) is 27.8 Å². The number of benzene rings is 3. The molecule has 3 aromatic rings. The van der Waals surface area contributed by atoms with Gasteiger partial charge in [-0.1, -0.05) is 42.5 Å². The van der Waals surface area contributed by atoms with Gasteiger partial charge in [0.25, 0.3) is 0 Å². The third-order valence-electron chi connectivity index (χ3n) is 6.91. The molecule has 0 fully saturated rings. The van der Waals surface area contributed by atoms with Gasteiger partial charge in [-0.3, -0.25) is 14.4 Å².